The highest BCUT2D eigenvalue weighted by atomic mass is 15.3. The number of hydrogen-bond acceptors (Lipinski definition) is 3. The van der Waals surface area contributed by atoms with Crippen LogP contribution in [-0.2, 0) is 13.1 Å². The fourth-order valence-electron chi connectivity index (χ4n) is 1.71. The number of aromatic nitrogens is 3. The van der Waals surface area contributed by atoms with Crippen molar-refractivity contribution in [2.75, 3.05) is 6.54 Å². The molecule has 1 aliphatic rings. The largest absolute Gasteiger partial charge is 0.314 e. The van der Waals surface area contributed by atoms with Crippen LogP contribution in [0, 0.1) is 0 Å². The van der Waals surface area contributed by atoms with Gasteiger partial charge in [-0.2, -0.15) is 0 Å². The molecular formula is C9H16N4. The van der Waals surface area contributed by atoms with E-state index in [9.17, 15) is 0 Å². The summed E-state index contributed by atoms with van der Waals surface area (Å²) in [5.74, 6) is 2.68. The fraction of sp³-hybridized carbons (Fsp3) is 0.778. The van der Waals surface area contributed by atoms with Crippen molar-refractivity contribution in [1.29, 1.82) is 0 Å². The van der Waals surface area contributed by atoms with E-state index in [1.54, 1.807) is 0 Å². The van der Waals surface area contributed by atoms with Crippen LogP contribution in [0.5, 0.6) is 0 Å². The lowest BCUT2D eigenvalue weighted by molar-refractivity contribution is 0.595. The predicted octanol–water partition coefficient (Wildman–Crippen LogP) is 0.895. The van der Waals surface area contributed by atoms with Crippen molar-refractivity contribution >= 4 is 0 Å². The first-order chi connectivity index (χ1) is 6.29. The van der Waals surface area contributed by atoms with Crippen LogP contribution in [0.15, 0.2) is 0 Å². The Morgan fingerprint density at radius 2 is 2.23 bits per heavy atom. The first-order valence-corrected chi connectivity index (χ1v) is 4.91. The predicted molar refractivity (Wildman–Crippen MR) is 50.4 cm³/mol. The van der Waals surface area contributed by atoms with E-state index in [1.165, 1.54) is 6.42 Å². The smallest absolute Gasteiger partial charge is 0.147 e. The molecule has 0 fully saturated rings. The quantitative estimate of drug-likeness (QED) is 0.698. The van der Waals surface area contributed by atoms with E-state index < -0.39 is 0 Å². The molecule has 0 saturated carbocycles. The van der Waals surface area contributed by atoms with Gasteiger partial charge in [-0.15, -0.1) is 10.2 Å². The Hall–Kier alpha value is -0.900. The molecule has 1 aliphatic heterocycles. The lowest BCUT2D eigenvalue weighted by Gasteiger charge is -2.08. The zero-order valence-electron chi connectivity index (χ0n) is 8.25. The van der Waals surface area contributed by atoms with Crippen molar-refractivity contribution in [3.05, 3.63) is 11.6 Å². The normalized spacial score (nSPS) is 17.2. The molecule has 0 aromatic carbocycles. The first kappa shape index (κ1) is 8.69. The average Bonchev–Trinajstić information content (AvgIpc) is 2.36. The molecule has 1 aromatic heterocycles. The van der Waals surface area contributed by atoms with Crippen LogP contribution in [0.2, 0.25) is 0 Å². The molecule has 0 amide bonds. The monoisotopic (exact) mass is 180 g/mol. The van der Waals surface area contributed by atoms with Crippen molar-refractivity contribution in [2.45, 2.75) is 39.3 Å². The molecule has 13 heavy (non-hydrogen) atoms. The van der Waals surface area contributed by atoms with Gasteiger partial charge in [0.2, 0.25) is 0 Å². The fourth-order valence-corrected chi connectivity index (χ4v) is 1.71. The molecule has 72 valence electrons. The lowest BCUT2D eigenvalue weighted by atomic mass is 10.2. The van der Waals surface area contributed by atoms with Gasteiger partial charge in [-0.05, 0) is 13.0 Å². The van der Waals surface area contributed by atoms with E-state index in [1.807, 2.05) is 0 Å². The molecule has 0 bridgehead atoms. The van der Waals surface area contributed by atoms with Crippen molar-refractivity contribution in [3.8, 4) is 0 Å². The van der Waals surface area contributed by atoms with E-state index >= 15 is 0 Å². The van der Waals surface area contributed by atoms with Crippen LogP contribution >= 0.6 is 0 Å². The summed E-state index contributed by atoms with van der Waals surface area (Å²) in [5.41, 5.74) is 0. The molecular weight excluding hydrogens is 164 g/mol. The molecule has 1 aromatic rings. The third kappa shape index (κ3) is 1.58. The van der Waals surface area contributed by atoms with E-state index in [0.29, 0.717) is 5.92 Å². The van der Waals surface area contributed by atoms with Gasteiger partial charge in [0.05, 0.1) is 6.54 Å². The topological polar surface area (TPSA) is 42.7 Å². The molecule has 2 rings (SSSR count). The van der Waals surface area contributed by atoms with Gasteiger partial charge in [0.1, 0.15) is 11.6 Å². The number of nitrogens with zero attached hydrogens (tertiary/aromatic N) is 3. The number of nitrogens with one attached hydrogen (secondary N) is 1. The van der Waals surface area contributed by atoms with Crippen LogP contribution < -0.4 is 5.32 Å². The van der Waals surface area contributed by atoms with E-state index in [0.717, 1.165) is 31.3 Å². The molecule has 0 unspecified atom stereocenters. The van der Waals surface area contributed by atoms with Gasteiger partial charge >= 0.3 is 0 Å². The third-order valence-corrected chi connectivity index (χ3v) is 2.39. The van der Waals surface area contributed by atoms with Crippen LogP contribution in [0.4, 0.5) is 0 Å². The molecule has 4 heteroatoms. The van der Waals surface area contributed by atoms with E-state index in [2.05, 4.69) is 33.9 Å². The average molecular weight is 180 g/mol. The van der Waals surface area contributed by atoms with Crippen LogP contribution in [0.25, 0.3) is 0 Å². The summed E-state index contributed by atoms with van der Waals surface area (Å²) in [7, 11) is 0. The number of rotatable bonds is 1. The molecule has 4 nitrogen and oxygen atoms in total. The van der Waals surface area contributed by atoms with Gasteiger partial charge in [0.25, 0.3) is 0 Å². The Bertz CT molecular complexity index is 290. The van der Waals surface area contributed by atoms with Crippen molar-refractivity contribution in [3.63, 3.8) is 0 Å². The second-order valence-electron chi connectivity index (χ2n) is 3.81. The summed E-state index contributed by atoms with van der Waals surface area (Å²) in [6.45, 7) is 7.33. The van der Waals surface area contributed by atoms with Gasteiger partial charge < -0.3 is 9.88 Å². The molecule has 1 N–H and O–H groups in total. The maximum atomic E-state index is 4.21. The molecule has 0 saturated heterocycles. The molecule has 0 atom stereocenters. The zero-order chi connectivity index (χ0) is 9.26. The SMILES string of the molecule is CC(C)c1nnc2n1CCCNC2. The van der Waals surface area contributed by atoms with Crippen LogP contribution in [0.3, 0.4) is 0 Å². The Balaban J connectivity index is 2.34. The highest BCUT2D eigenvalue weighted by Gasteiger charge is 2.15. The lowest BCUT2D eigenvalue weighted by Crippen LogP contribution is -2.12. The second-order valence-corrected chi connectivity index (χ2v) is 3.81. The minimum absolute atomic E-state index is 0.472. The van der Waals surface area contributed by atoms with Crippen LogP contribution in [-0.4, -0.2) is 21.3 Å². The molecule has 0 radical (unpaired) electrons. The van der Waals surface area contributed by atoms with E-state index in [4.69, 9.17) is 0 Å². The van der Waals surface area contributed by atoms with Crippen molar-refractivity contribution in [2.24, 2.45) is 0 Å². The maximum Gasteiger partial charge on any atom is 0.147 e. The molecule has 0 spiro atoms. The minimum atomic E-state index is 0.472. The van der Waals surface area contributed by atoms with Crippen LogP contribution in [0.1, 0.15) is 37.8 Å². The Morgan fingerprint density at radius 1 is 1.38 bits per heavy atom. The van der Waals surface area contributed by atoms with Gasteiger partial charge in [-0.25, -0.2) is 0 Å². The second kappa shape index (κ2) is 3.46. The summed E-state index contributed by atoms with van der Waals surface area (Å²) < 4.78 is 2.25. The van der Waals surface area contributed by atoms with Gasteiger partial charge in [-0.3, -0.25) is 0 Å². The zero-order valence-corrected chi connectivity index (χ0v) is 8.25. The third-order valence-electron chi connectivity index (χ3n) is 2.39. The minimum Gasteiger partial charge on any atom is -0.314 e. The highest BCUT2D eigenvalue weighted by molar-refractivity contribution is 5.01. The molecule has 0 aliphatic carbocycles. The highest BCUT2D eigenvalue weighted by Crippen LogP contribution is 2.14. The van der Waals surface area contributed by atoms with Gasteiger partial charge in [0.15, 0.2) is 0 Å². The standard InChI is InChI=1S/C9H16N4/c1-7(2)9-12-11-8-6-10-4-3-5-13(8)9/h7,10H,3-6H2,1-2H3. The maximum absolute atomic E-state index is 4.21. The van der Waals surface area contributed by atoms with E-state index in [-0.39, 0.29) is 0 Å². The summed E-state index contributed by atoms with van der Waals surface area (Å²) in [4.78, 5) is 0. The van der Waals surface area contributed by atoms with Gasteiger partial charge in [-0.1, -0.05) is 13.8 Å². The summed E-state index contributed by atoms with van der Waals surface area (Å²) in [5, 5.41) is 11.7. The Kier molecular flexibility index (Phi) is 2.31. The Morgan fingerprint density at radius 3 is 3.00 bits per heavy atom. The number of hydrogen-bond donors (Lipinski definition) is 1. The Labute approximate surface area is 78.4 Å². The summed E-state index contributed by atoms with van der Waals surface area (Å²) >= 11 is 0. The van der Waals surface area contributed by atoms with Gasteiger partial charge in [0, 0.05) is 12.5 Å². The van der Waals surface area contributed by atoms with Crippen molar-refractivity contribution < 1.29 is 0 Å². The first-order valence-electron chi connectivity index (χ1n) is 4.91. The molecule has 2 heterocycles. The summed E-state index contributed by atoms with van der Waals surface area (Å²) in [6.07, 6.45) is 1.17. The van der Waals surface area contributed by atoms with Crippen molar-refractivity contribution in [1.82, 2.24) is 20.1 Å². The summed E-state index contributed by atoms with van der Waals surface area (Å²) in [6, 6.07) is 0. The number of fused-ring (bicyclic) bond motifs is 1.